The van der Waals surface area contributed by atoms with Gasteiger partial charge in [0.25, 0.3) is 0 Å². The van der Waals surface area contributed by atoms with Crippen LogP contribution in [0.4, 0.5) is 0 Å². The maximum absolute atomic E-state index is 3.12. The number of benzene rings is 3. The molecule has 0 fully saturated rings. The first-order chi connectivity index (χ1) is 14.2. The zero-order chi connectivity index (χ0) is 20.3. The Morgan fingerprint density at radius 1 is 0.774 bits per heavy atom. The Balaban J connectivity index is 0.000000244. The molecule has 0 bridgehead atoms. The minimum absolute atomic E-state index is 0. The van der Waals surface area contributed by atoms with Crippen molar-refractivity contribution in [3.63, 3.8) is 0 Å². The molecule has 0 atom stereocenters. The number of rotatable bonds is 2. The molecule has 0 unspecified atom stereocenters. The SMILES string of the molecule is CC1=[C-]CC=C1.Cl.Cl.[Zr+2]=[Si](c1ccccc1)c1ccccc1.c1ccc2[cH-]ccc2c1. The third-order valence-electron chi connectivity index (χ3n) is 4.54. The molecule has 0 saturated heterocycles. The Bertz CT molecular complexity index is 1030. The van der Waals surface area contributed by atoms with Gasteiger partial charge in [-0.25, -0.2) is 11.6 Å². The van der Waals surface area contributed by atoms with E-state index in [0.29, 0.717) is 0 Å². The van der Waals surface area contributed by atoms with E-state index in [9.17, 15) is 0 Å². The second-order valence-electron chi connectivity index (χ2n) is 6.73. The van der Waals surface area contributed by atoms with Gasteiger partial charge in [0.2, 0.25) is 0 Å². The van der Waals surface area contributed by atoms with Gasteiger partial charge in [-0.15, -0.1) is 60.9 Å². The van der Waals surface area contributed by atoms with Crippen molar-refractivity contribution < 1.29 is 23.3 Å². The van der Waals surface area contributed by atoms with Gasteiger partial charge in [0, 0.05) is 0 Å². The summed E-state index contributed by atoms with van der Waals surface area (Å²) in [7, 11) is 0. The fraction of sp³-hybridized carbons (Fsp3) is 0.0741. The Morgan fingerprint density at radius 2 is 1.32 bits per heavy atom. The summed E-state index contributed by atoms with van der Waals surface area (Å²) in [6.45, 7) is 2.06. The minimum atomic E-state index is -0.455. The fourth-order valence-electron chi connectivity index (χ4n) is 2.96. The van der Waals surface area contributed by atoms with Crippen LogP contribution in [0.15, 0.2) is 121 Å². The van der Waals surface area contributed by atoms with Crippen LogP contribution in [-0.4, -0.2) is 5.43 Å². The molecule has 4 aromatic rings. The van der Waals surface area contributed by atoms with E-state index in [1.807, 2.05) is 0 Å². The van der Waals surface area contributed by atoms with Crippen molar-refractivity contribution in [1.82, 2.24) is 0 Å². The van der Waals surface area contributed by atoms with Gasteiger partial charge in [-0.2, -0.15) is 23.6 Å². The monoisotopic (exact) mass is 538 g/mol. The topological polar surface area (TPSA) is 0 Å². The number of allylic oxidation sites excluding steroid dienone is 4. The molecule has 0 saturated carbocycles. The van der Waals surface area contributed by atoms with Crippen LogP contribution < -0.4 is 10.4 Å². The van der Waals surface area contributed by atoms with Crippen LogP contribution >= 0.6 is 24.8 Å². The maximum atomic E-state index is 3.12. The van der Waals surface area contributed by atoms with E-state index >= 15 is 0 Å². The Labute approximate surface area is 213 Å². The Morgan fingerprint density at radius 3 is 1.77 bits per heavy atom. The second kappa shape index (κ2) is 15.3. The largest absolute Gasteiger partial charge is 0.168 e. The molecule has 0 spiro atoms. The first-order valence-electron chi connectivity index (χ1n) is 9.78. The molecule has 4 heteroatoms. The smallest absolute Gasteiger partial charge is 0.0809 e. The molecule has 31 heavy (non-hydrogen) atoms. The van der Waals surface area contributed by atoms with Crippen molar-refractivity contribution in [1.29, 1.82) is 0 Å². The van der Waals surface area contributed by atoms with Crippen molar-refractivity contribution in [3.05, 3.63) is 127 Å². The molecule has 0 aromatic heterocycles. The predicted octanol–water partition coefficient (Wildman–Crippen LogP) is 6.44. The molecule has 5 rings (SSSR count). The molecule has 1 aliphatic rings. The van der Waals surface area contributed by atoms with Gasteiger partial charge in [0.15, 0.2) is 0 Å². The van der Waals surface area contributed by atoms with Gasteiger partial charge in [-0.1, -0.05) is 13.0 Å². The van der Waals surface area contributed by atoms with Crippen LogP contribution in [0, 0.1) is 6.08 Å². The first kappa shape index (κ1) is 27.5. The minimum Gasteiger partial charge on any atom is -0.168 e. The summed E-state index contributed by atoms with van der Waals surface area (Å²) in [4.78, 5) is 0. The predicted molar refractivity (Wildman–Crippen MR) is 138 cm³/mol. The van der Waals surface area contributed by atoms with Gasteiger partial charge in [0.05, 0.1) is 0 Å². The molecule has 0 nitrogen and oxygen atoms in total. The van der Waals surface area contributed by atoms with E-state index in [1.54, 1.807) is 23.3 Å². The van der Waals surface area contributed by atoms with Crippen molar-refractivity contribution in [2.24, 2.45) is 0 Å². The molecule has 0 heterocycles. The molecular formula is C27H26Cl2SiZr. The summed E-state index contributed by atoms with van der Waals surface area (Å²) >= 11 is 1.64. The summed E-state index contributed by atoms with van der Waals surface area (Å²) < 4.78 is 0. The third-order valence-corrected chi connectivity index (χ3v) is 10.6. The third kappa shape index (κ3) is 9.21. The fourth-order valence-corrected chi connectivity index (χ4v) is 6.80. The average molecular weight is 541 g/mol. The molecule has 1 aliphatic carbocycles. The van der Waals surface area contributed by atoms with Gasteiger partial charge in [0.1, 0.15) is 0 Å². The molecular weight excluding hydrogens is 515 g/mol. The van der Waals surface area contributed by atoms with Gasteiger partial charge < -0.3 is 0 Å². The quantitative estimate of drug-likeness (QED) is 0.203. The zero-order valence-electron chi connectivity index (χ0n) is 17.5. The van der Waals surface area contributed by atoms with E-state index in [0.717, 1.165) is 6.42 Å². The summed E-state index contributed by atoms with van der Waals surface area (Å²) in [6.07, 6.45) is 8.33. The summed E-state index contributed by atoms with van der Waals surface area (Å²) in [5.41, 5.74) is 0.818. The van der Waals surface area contributed by atoms with Gasteiger partial charge in [-0.3, -0.25) is 6.08 Å². The van der Waals surface area contributed by atoms with Crippen LogP contribution in [-0.2, 0) is 23.3 Å². The molecule has 0 amide bonds. The van der Waals surface area contributed by atoms with E-state index in [4.69, 9.17) is 0 Å². The zero-order valence-corrected chi connectivity index (χ0v) is 22.6. The van der Waals surface area contributed by atoms with E-state index in [1.165, 1.54) is 26.7 Å². The second-order valence-corrected chi connectivity index (χ2v) is 12.3. The average Bonchev–Trinajstić information content (AvgIpc) is 3.47. The van der Waals surface area contributed by atoms with Crippen molar-refractivity contribution in [2.75, 3.05) is 0 Å². The van der Waals surface area contributed by atoms with Crippen LogP contribution in [0.5, 0.6) is 0 Å². The molecule has 156 valence electrons. The molecule has 4 aromatic carbocycles. The van der Waals surface area contributed by atoms with Crippen molar-refractivity contribution in [2.45, 2.75) is 13.3 Å². The van der Waals surface area contributed by atoms with Crippen molar-refractivity contribution >= 4 is 51.4 Å². The molecule has 0 radical (unpaired) electrons. The maximum Gasteiger partial charge on any atom is -0.0809 e. The van der Waals surface area contributed by atoms with Gasteiger partial charge in [-0.05, 0) is 0 Å². The molecule has 0 N–H and O–H groups in total. The summed E-state index contributed by atoms with van der Waals surface area (Å²) in [6, 6.07) is 36.3. The van der Waals surface area contributed by atoms with Crippen LogP contribution in [0.2, 0.25) is 0 Å². The van der Waals surface area contributed by atoms with E-state index in [2.05, 4.69) is 128 Å². The van der Waals surface area contributed by atoms with E-state index in [-0.39, 0.29) is 24.8 Å². The summed E-state index contributed by atoms with van der Waals surface area (Å²) in [5.74, 6) is 0. The van der Waals surface area contributed by atoms with Crippen LogP contribution in [0.25, 0.3) is 10.8 Å². The Kier molecular flexibility index (Phi) is 13.5. The normalized spacial score (nSPS) is 11.0. The van der Waals surface area contributed by atoms with Crippen LogP contribution in [0.3, 0.4) is 0 Å². The van der Waals surface area contributed by atoms with Crippen LogP contribution in [0.1, 0.15) is 13.3 Å². The number of hydrogen-bond acceptors (Lipinski definition) is 0. The Hall–Kier alpha value is -1.57. The standard InChI is InChI=1S/C12H10Si.C9H7.C6H7.2ClH.Zr/c1-3-7-11(8-4-1)13-12-9-5-2-6-10-12;1-2-5-9-7-3-6-8(9)4-1;1-6-4-2-3-5-6;;;/h1-10H;1-7H;2,4H,3H2,1H3;2*1H;/q;2*-1;;;+2. The van der Waals surface area contributed by atoms with Crippen molar-refractivity contribution in [3.8, 4) is 0 Å². The molecule has 0 aliphatic heterocycles. The van der Waals surface area contributed by atoms with E-state index < -0.39 is 5.43 Å². The first-order valence-corrected chi connectivity index (χ1v) is 15.0. The summed E-state index contributed by atoms with van der Waals surface area (Å²) in [5, 5.41) is 5.69. The number of hydrogen-bond donors (Lipinski definition) is 0. The number of fused-ring (bicyclic) bond motifs is 1. The van der Waals surface area contributed by atoms with Gasteiger partial charge >= 0.3 is 99.8 Å². The number of halogens is 2.